The van der Waals surface area contributed by atoms with Gasteiger partial charge in [-0.1, -0.05) is 182 Å². The molecule has 1 aliphatic heterocycles. The maximum atomic E-state index is 7.16. The van der Waals surface area contributed by atoms with Gasteiger partial charge in [-0.15, -0.1) is 0 Å². The van der Waals surface area contributed by atoms with E-state index in [1.807, 2.05) is 30.3 Å². The van der Waals surface area contributed by atoms with Gasteiger partial charge in [0.05, 0.1) is 22.0 Å². The first-order valence-corrected chi connectivity index (χ1v) is 23.7. The molecule has 0 saturated carbocycles. The summed E-state index contributed by atoms with van der Waals surface area (Å²) >= 11 is 0. The van der Waals surface area contributed by atoms with Gasteiger partial charge in [-0.05, 0) is 76.3 Å². The fourth-order valence-electron chi connectivity index (χ4n) is 11.6. The number of nitrogens with zero attached hydrogens (tertiary/aromatic N) is 4. The largest absolute Gasteiger partial charge is 0.457 e. The van der Waals surface area contributed by atoms with Gasteiger partial charge in [0.15, 0.2) is 17.5 Å². The van der Waals surface area contributed by atoms with Crippen molar-refractivity contribution < 1.29 is 9.15 Å². The number of rotatable bonds is 5. The summed E-state index contributed by atoms with van der Waals surface area (Å²) < 4.78 is 16.3. The van der Waals surface area contributed by atoms with Gasteiger partial charge in [-0.2, -0.15) is 0 Å². The molecule has 1 aliphatic carbocycles. The molecular formula is C64H38N4O2. The van der Waals surface area contributed by atoms with Crippen LogP contribution in [0.1, 0.15) is 22.3 Å². The van der Waals surface area contributed by atoms with E-state index in [-0.39, 0.29) is 0 Å². The van der Waals surface area contributed by atoms with Crippen molar-refractivity contribution in [1.82, 2.24) is 19.5 Å². The van der Waals surface area contributed by atoms with Crippen molar-refractivity contribution in [2.75, 3.05) is 0 Å². The number of hydrogen-bond donors (Lipinski definition) is 0. The zero-order chi connectivity index (χ0) is 45.9. The van der Waals surface area contributed by atoms with E-state index in [4.69, 9.17) is 24.1 Å². The number of benzene rings is 10. The molecule has 15 rings (SSSR count). The van der Waals surface area contributed by atoms with Crippen LogP contribution in [0, 0.1) is 0 Å². The average Bonchev–Trinajstić information content (AvgIpc) is 4.09. The maximum absolute atomic E-state index is 7.16. The second-order valence-electron chi connectivity index (χ2n) is 18.2. The van der Waals surface area contributed by atoms with E-state index < -0.39 is 5.41 Å². The standard InChI is InChI=1S/C64H38N4O2/c1-2-17-39(18-3-1)61-65-62(41-19-14-20-42(37-41)68-55-32-11-6-23-46(55)47-24-7-12-33-56(47)68)67-63(66-61)50-28-16-27-49-48-26-15-25-43(59(48)70-60(49)50)40-35-36-58-54(38-40)64(53-31-10-13-34-57(53)69-58)51-29-8-4-21-44(51)45-22-5-9-30-52(45)64/h1-38H. The van der Waals surface area contributed by atoms with E-state index >= 15 is 0 Å². The Morgan fingerprint density at radius 3 is 1.57 bits per heavy atom. The molecular weight excluding hydrogens is 857 g/mol. The van der Waals surface area contributed by atoms with Gasteiger partial charge in [0.1, 0.15) is 22.7 Å². The van der Waals surface area contributed by atoms with Crippen molar-refractivity contribution in [3.8, 4) is 73.6 Å². The third kappa shape index (κ3) is 5.47. The number of para-hydroxylation sites is 5. The minimum absolute atomic E-state index is 0.530. The summed E-state index contributed by atoms with van der Waals surface area (Å²) in [7, 11) is 0. The van der Waals surface area contributed by atoms with Gasteiger partial charge in [0.2, 0.25) is 0 Å². The summed E-state index contributed by atoms with van der Waals surface area (Å²) in [4.78, 5) is 15.6. The molecule has 6 nitrogen and oxygen atoms in total. The summed E-state index contributed by atoms with van der Waals surface area (Å²) in [5.74, 6) is 3.39. The zero-order valence-corrected chi connectivity index (χ0v) is 37.5. The van der Waals surface area contributed by atoms with Crippen molar-refractivity contribution in [3.05, 3.63) is 253 Å². The molecule has 3 aromatic heterocycles. The molecule has 0 amide bonds. The number of fused-ring (bicyclic) bond motifs is 15. The molecule has 0 fully saturated rings. The van der Waals surface area contributed by atoms with Crippen molar-refractivity contribution >= 4 is 43.7 Å². The molecule has 1 spiro atoms. The van der Waals surface area contributed by atoms with Gasteiger partial charge in [-0.25, -0.2) is 15.0 Å². The molecule has 0 radical (unpaired) electrons. The molecule has 4 heterocycles. The van der Waals surface area contributed by atoms with Crippen LogP contribution in [0.3, 0.4) is 0 Å². The second-order valence-corrected chi connectivity index (χ2v) is 18.2. The quantitative estimate of drug-likeness (QED) is 0.172. The molecule has 13 aromatic rings. The van der Waals surface area contributed by atoms with Crippen LogP contribution in [0.2, 0.25) is 0 Å². The topological polar surface area (TPSA) is 66.0 Å². The van der Waals surface area contributed by atoms with Crippen LogP contribution in [-0.2, 0) is 5.41 Å². The van der Waals surface area contributed by atoms with E-state index in [1.54, 1.807) is 0 Å². The normalized spacial score (nSPS) is 13.1. The Labute approximate surface area is 402 Å². The fraction of sp³-hybridized carbons (Fsp3) is 0.0156. The van der Waals surface area contributed by atoms with E-state index in [9.17, 15) is 0 Å². The van der Waals surface area contributed by atoms with E-state index in [0.717, 1.165) is 83.5 Å². The number of aromatic nitrogens is 4. The Morgan fingerprint density at radius 1 is 0.329 bits per heavy atom. The Morgan fingerprint density at radius 2 is 0.843 bits per heavy atom. The number of ether oxygens (including phenoxy) is 1. The summed E-state index contributed by atoms with van der Waals surface area (Å²) in [5.41, 5.74) is 16.0. The molecule has 0 bridgehead atoms. The van der Waals surface area contributed by atoms with Crippen molar-refractivity contribution in [2.45, 2.75) is 5.41 Å². The molecule has 2 aliphatic rings. The number of hydrogen-bond acceptors (Lipinski definition) is 5. The lowest BCUT2D eigenvalue weighted by Gasteiger charge is -2.39. The Hall–Kier alpha value is -9.39. The molecule has 0 unspecified atom stereocenters. The lowest BCUT2D eigenvalue weighted by atomic mass is 9.66. The Bertz CT molecular complexity index is 4200. The highest BCUT2D eigenvalue weighted by Crippen LogP contribution is 2.62. The summed E-state index contributed by atoms with van der Waals surface area (Å²) in [6.45, 7) is 0. The van der Waals surface area contributed by atoms with Gasteiger partial charge in [0, 0.05) is 55.0 Å². The van der Waals surface area contributed by atoms with Crippen molar-refractivity contribution in [2.24, 2.45) is 0 Å². The number of furan rings is 1. The average molecular weight is 895 g/mol. The lowest BCUT2D eigenvalue weighted by Crippen LogP contribution is -2.32. The molecule has 0 saturated heterocycles. The summed E-state index contributed by atoms with van der Waals surface area (Å²) in [6, 6.07) is 81.2. The first-order chi connectivity index (χ1) is 34.7. The molecule has 6 heteroatoms. The lowest BCUT2D eigenvalue weighted by molar-refractivity contribution is 0.436. The predicted molar refractivity (Wildman–Crippen MR) is 281 cm³/mol. The van der Waals surface area contributed by atoms with Crippen LogP contribution in [0.4, 0.5) is 0 Å². The van der Waals surface area contributed by atoms with Crippen LogP contribution < -0.4 is 4.74 Å². The molecule has 0 atom stereocenters. The maximum Gasteiger partial charge on any atom is 0.167 e. The summed E-state index contributed by atoms with van der Waals surface area (Å²) in [5, 5.41) is 4.41. The highest BCUT2D eigenvalue weighted by Gasteiger charge is 2.51. The van der Waals surface area contributed by atoms with Crippen LogP contribution in [0.25, 0.3) is 106 Å². The Kier molecular flexibility index (Phi) is 8.18. The first-order valence-electron chi connectivity index (χ1n) is 23.7. The van der Waals surface area contributed by atoms with Gasteiger partial charge >= 0.3 is 0 Å². The van der Waals surface area contributed by atoms with E-state index in [2.05, 4.69) is 205 Å². The Balaban J connectivity index is 0.906. The van der Waals surface area contributed by atoms with Crippen LogP contribution >= 0.6 is 0 Å². The van der Waals surface area contributed by atoms with Gasteiger partial charge in [0.25, 0.3) is 0 Å². The first kappa shape index (κ1) is 38.7. The van der Waals surface area contributed by atoms with Gasteiger partial charge in [-0.3, -0.25) is 0 Å². The smallest absolute Gasteiger partial charge is 0.167 e. The molecule has 10 aromatic carbocycles. The molecule has 70 heavy (non-hydrogen) atoms. The van der Waals surface area contributed by atoms with Crippen LogP contribution in [0.15, 0.2) is 235 Å². The highest BCUT2D eigenvalue weighted by atomic mass is 16.5. The van der Waals surface area contributed by atoms with E-state index in [1.165, 1.54) is 33.0 Å². The third-order valence-corrected chi connectivity index (χ3v) is 14.5. The zero-order valence-electron chi connectivity index (χ0n) is 37.5. The van der Waals surface area contributed by atoms with Crippen LogP contribution in [-0.4, -0.2) is 19.5 Å². The molecule has 326 valence electrons. The van der Waals surface area contributed by atoms with Crippen molar-refractivity contribution in [1.29, 1.82) is 0 Å². The highest BCUT2D eigenvalue weighted by molar-refractivity contribution is 6.13. The monoisotopic (exact) mass is 894 g/mol. The minimum atomic E-state index is -0.585. The van der Waals surface area contributed by atoms with E-state index in [0.29, 0.717) is 23.1 Å². The van der Waals surface area contributed by atoms with Crippen LogP contribution in [0.5, 0.6) is 11.5 Å². The minimum Gasteiger partial charge on any atom is -0.457 e. The fourth-order valence-corrected chi connectivity index (χ4v) is 11.6. The predicted octanol–water partition coefficient (Wildman–Crippen LogP) is 16.0. The second kappa shape index (κ2) is 14.8. The SMILES string of the molecule is c1ccc(-c2nc(-c3cccc(-n4c5ccccc5c5ccccc54)c3)nc(-c3cccc4c3oc3c(-c5ccc6c(c5)C5(c7ccccc7O6)c6ccccc6-c6ccccc65)cccc34)n2)cc1. The third-order valence-electron chi connectivity index (χ3n) is 14.5. The molecule has 0 N–H and O–H groups in total. The van der Waals surface area contributed by atoms with Gasteiger partial charge < -0.3 is 13.7 Å². The summed E-state index contributed by atoms with van der Waals surface area (Å²) in [6.07, 6.45) is 0. The van der Waals surface area contributed by atoms with Crippen molar-refractivity contribution in [3.63, 3.8) is 0 Å².